The third-order valence-corrected chi connectivity index (χ3v) is 16.1. The number of hydrogen-bond acceptors (Lipinski definition) is 12. The van der Waals surface area contributed by atoms with E-state index in [1.165, 1.54) is 11.1 Å². The lowest BCUT2D eigenvalue weighted by molar-refractivity contribution is -0.384. The Balaban J connectivity index is 0.910. The Morgan fingerprint density at radius 3 is 2.52 bits per heavy atom. The normalized spacial score (nSPS) is 20.3. The number of fused-ring (bicyclic) bond motifs is 1. The number of carbonyl (C=O) groups excluding carboxylic acids is 1. The second-order valence-electron chi connectivity index (χ2n) is 20.2. The van der Waals surface area contributed by atoms with Crippen LogP contribution in [0.25, 0.3) is 11.0 Å². The van der Waals surface area contributed by atoms with Gasteiger partial charge in [0.1, 0.15) is 22.0 Å². The van der Waals surface area contributed by atoms with E-state index in [4.69, 9.17) is 9.47 Å². The van der Waals surface area contributed by atoms with Crippen LogP contribution < -0.4 is 19.7 Å². The quantitative estimate of drug-likeness (QED) is 0.0752. The molecule has 2 aromatic carbocycles. The average molecular weight is 919 g/mol. The van der Waals surface area contributed by atoms with Crippen molar-refractivity contribution in [1.82, 2.24) is 24.6 Å². The van der Waals surface area contributed by atoms with Crippen LogP contribution in [0, 0.1) is 33.8 Å². The first-order chi connectivity index (χ1) is 31.6. The minimum absolute atomic E-state index is 0.0143. The summed E-state index contributed by atoms with van der Waals surface area (Å²) >= 11 is 0. The highest BCUT2D eigenvalue weighted by atomic mass is 32.2. The van der Waals surface area contributed by atoms with Crippen LogP contribution in [0.5, 0.6) is 11.5 Å². The highest BCUT2D eigenvalue weighted by Crippen LogP contribution is 2.53. The topological polar surface area (TPSA) is 185 Å². The molecule has 2 aliphatic heterocycles. The molecule has 1 amide bonds. The number of benzene rings is 2. The standard InChI is InChI=1S/C50H62N8O7S/c1-32(2)39-8-6-7-9-40(39)43-31-64-23-22-57(43)37-27-50(28-37)17-20-56(21-18-50)36-10-11-41(45(25-36)65-44-24-35-14-19-51-46(35)54-33(44)3)48(59)55-66(62,63)38-26-42(58(60)61)47(53-30-38)52-29-34-12-15-49(4,5)16-13-34/h6-11,14,19,24-26,30,32,34,37,43H,12-13,15-18,20-23,27-29,31H2,1-5H3,(H,51,54)(H,52,53)(H,55,59)/t43-/m1/s1. The van der Waals surface area contributed by atoms with Gasteiger partial charge in [-0.05, 0) is 116 Å². The number of aromatic nitrogens is 3. The van der Waals surface area contributed by atoms with Crippen molar-refractivity contribution >= 4 is 44.2 Å². The fourth-order valence-corrected chi connectivity index (χ4v) is 11.7. The zero-order valence-electron chi connectivity index (χ0n) is 38.6. The van der Waals surface area contributed by atoms with E-state index in [0.717, 1.165) is 101 Å². The van der Waals surface area contributed by atoms with Crippen molar-refractivity contribution in [2.45, 2.75) is 109 Å². The number of nitro groups is 1. The van der Waals surface area contributed by atoms with Gasteiger partial charge in [0.05, 0.1) is 41.6 Å². The van der Waals surface area contributed by atoms with E-state index in [9.17, 15) is 23.3 Å². The molecule has 0 radical (unpaired) electrons. The molecule has 4 fully saturated rings. The monoisotopic (exact) mass is 918 g/mol. The van der Waals surface area contributed by atoms with Crippen LogP contribution >= 0.6 is 0 Å². The van der Waals surface area contributed by atoms with Crippen LogP contribution in [0.4, 0.5) is 17.2 Å². The number of H-pyrrole nitrogens is 1. The largest absolute Gasteiger partial charge is 0.455 e. The fourth-order valence-electron chi connectivity index (χ4n) is 10.7. The molecule has 66 heavy (non-hydrogen) atoms. The maximum Gasteiger partial charge on any atom is 0.312 e. The number of sulfonamides is 1. The number of pyridine rings is 2. The van der Waals surface area contributed by atoms with Gasteiger partial charge in [0.15, 0.2) is 0 Å². The lowest BCUT2D eigenvalue weighted by Gasteiger charge is -2.57. The average Bonchev–Trinajstić information content (AvgIpc) is 3.74. The van der Waals surface area contributed by atoms with Crippen LogP contribution in [-0.4, -0.2) is 84.5 Å². The maximum atomic E-state index is 14.1. The van der Waals surface area contributed by atoms with E-state index in [-0.39, 0.29) is 34.0 Å². The van der Waals surface area contributed by atoms with E-state index < -0.39 is 31.4 Å². The zero-order chi connectivity index (χ0) is 46.4. The zero-order valence-corrected chi connectivity index (χ0v) is 39.5. The number of piperidine rings is 1. The van der Waals surface area contributed by atoms with Crippen molar-refractivity contribution in [3.63, 3.8) is 0 Å². The molecule has 5 heterocycles. The van der Waals surface area contributed by atoms with Gasteiger partial charge in [0, 0.05) is 61.6 Å². The van der Waals surface area contributed by atoms with Crippen molar-refractivity contribution in [2.24, 2.45) is 16.7 Å². The minimum Gasteiger partial charge on any atom is -0.455 e. The smallest absolute Gasteiger partial charge is 0.312 e. The number of amides is 1. The maximum absolute atomic E-state index is 14.1. The lowest BCUT2D eigenvalue weighted by atomic mass is 9.59. The molecule has 4 aliphatic rings. The molecule has 2 saturated heterocycles. The van der Waals surface area contributed by atoms with E-state index >= 15 is 0 Å². The van der Waals surface area contributed by atoms with Crippen LogP contribution in [-0.2, 0) is 14.8 Å². The first kappa shape index (κ1) is 45.6. The van der Waals surface area contributed by atoms with Gasteiger partial charge in [-0.3, -0.25) is 19.8 Å². The summed E-state index contributed by atoms with van der Waals surface area (Å²) in [6.45, 7) is 15.3. The summed E-state index contributed by atoms with van der Waals surface area (Å²) in [6, 6.07) is 19.4. The van der Waals surface area contributed by atoms with Crippen molar-refractivity contribution in [3.8, 4) is 11.5 Å². The Kier molecular flexibility index (Phi) is 12.6. The number of carbonyl (C=O) groups is 1. The Morgan fingerprint density at radius 2 is 1.77 bits per heavy atom. The Labute approximate surface area is 387 Å². The second kappa shape index (κ2) is 18.2. The molecule has 16 heteroatoms. The molecule has 9 rings (SSSR count). The molecule has 0 bridgehead atoms. The van der Waals surface area contributed by atoms with Crippen LogP contribution in [0.3, 0.4) is 0 Å². The number of nitrogens with zero attached hydrogens (tertiary/aromatic N) is 5. The highest BCUT2D eigenvalue weighted by Gasteiger charge is 2.50. The molecule has 2 aliphatic carbocycles. The van der Waals surface area contributed by atoms with Crippen LogP contribution in [0.15, 0.2) is 78.0 Å². The molecule has 350 valence electrons. The third kappa shape index (κ3) is 9.50. The number of hydrogen-bond donors (Lipinski definition) is 3. The SMILES string of the molecule is Cc1nc2[nH]ccc2cc1Oc1cc(N2CCC3(CC2)CC(N2CCOC[C@@H]2c2ccccc2C(C)C)C3)ccc1C(=O)NS(=O)(=O)c1cnc(NCC2CCC(C)(C)CC2)c([N+](=O)[O-])c1. The summed E-state index contributed by atoms with van der Waals surface area (Å²) in [7, 11) is -4.61. The van der Waals surface area contributed by atoms with Crippen molar-refractivity contribution in [3.05, 3.63) is 106 Å². The molecule has 2 saturated carbocycles. The molecule has 5 aromatic rings. The lowest BCUT2D eigenvalue weighted by Crippen LogP contribution is -2.58. The highest BCUT2D eigenvalue weighted by molar-refractivity contribution is 7.90. The van der Waals surface area contributed by atoms with Gasteiger partial charge in [-0.25, -0.2) is 23.1 Å². The van der Waals surface area contributed by atoms with Gasteiger partial charge in [-0.1, -0.05) is 52.0 Å². The molecular weight excluding hydrogens is 857 g/mol. The number of aromatic amines is 1. The van der Waals surface area contributed by atoms with E-state index in [0.29, 0.717) is 48.1 Å². The fraction of sp³-hybridized carbons (Fsp3) is 0.500. The Morgan fingerprint density at radius 1 is 1.02 bits per heavy atom. The minimum atomic E-state index is -4.61. The van der Waals surface area contributed by atoms with Crippen molar-refractivity contribution in [1.29, 1.82) is 0 Å². The van der Waals surface area contributed by atoms with Gasteiger partial charge in [0.25, 0.3) is 15.9 Å². The van der Waals surface area contributed by atoms with E-state index in [1.807, 2.05) is 18.2 Å². The van der Waals surface area contributed by atoms with Gasteiger partial charge in [0.2, 0.25) is 5.82 Å². The Bertz CT molecular complexity index is 2710. The number of anilines is 2. The van der Waals surface area contributed by atoms with Crippen LogP contribution in [0.2, 0.25) is 0 Å². The van der Waals surface area contributed by atoms with E-state index in [2.05, 4.69) is 86.8 Å². The molecule has 1 atom stereocenters. The molecule has 0 unspecified atom stereocenters. The summed E-state index contributed by atoms with van der Waals surface area (Å²) in [6.07, 6.45) is 11.3. The summed E-state index contributed by atoms with van der Waals surface area (Å²) in [4.78, 5) is 42.0. The molecule has 1 spiro atoms. The summed E-state index contributed by atoms with van der Waals surface area (Å²) < 4.78 is 42.2. The molecule has 3 N–H and O–H groups in total. The van der Waals surface area contributed by atoms with Crippen LogP contribution in [0.1, 0.15) is 118 Å². The number of morpholine rings is 1. The summed E-state index contributed by atoms with van der Waals surface area (Å²) in [5, 5.41) is 16.1. The number of rotatable bonds is 13. The summed E-state index contributed by atoms with van der Waals surface area (Å²) in [5.41, 5.74) is 4.90. The molecule has 3 aromatic heterocycles. The number of aryl methyl sites for hydroxylation is 1. The van der Waals surface area contributed by atoms with Gasteiger partial charge in [-0.15, -0.1) is 0 Å². The Hall–Kier alpha value is -5.58. The van der Waals surface area contributed by atoms with Crippen molar-refractivity contribution in [2.75, 3.05) is 49.6 Å². The van der Waals surface area contributed by atoms with E-state index in [1.54, 1.807) is 25.3 Å². The van der Waals surface area contributed by atoms with Gasteiger partial charge < -0.3 is 24.7 Å². The predicted octanol–water partition coefficient (Wildman–Crippen LogP) is 9.66. The second-order valence-corrected chi connectivity index (χ2v) is 21.8. The third-order valence-electron chi connectivity index (χ3n) is 14.8. The van der Waals surface area contributed by atoms with Crippen molar-refractivity contribution < 1.29 is 27.6 Å². The number of nitrogens with one attached hydrogen (secondary N) is 3. The molecular formula is C50H62N8O7S. The van der Waals surface area contributed by atoms with Gasteiger partial charge in [-0.2, -0.15) is 0 Å². The molecule has 15 nitrogen and oxygen atoms in total. The first-order valence-electron chi connectivity index (χ1n) is 23.5. The first-order valence-corrected chi connectivity index (χ1v) is 24.9. The van der Waals surface area contributed by atoms with Gasteiger partial charge >= 0.3 is 5.69 Å². The number of ether oxygens (including phenoxy) is 2. The summed E-state index contributed by atoms with van der Waals surface area (Å²) in [5.74, 6) is 0.353. The predicted molar refractivity (Wildman–Crippen MR) is 255 cm³/mol.